The van der Waals surface area contributed by atoms with Gasteiger partial charge in [0.2, 0.25) is 0 Å². The summed E-state index contributed by atoms with van der Waals surface area (Å²) in [6.07, 6.45) is 8.31. The van der Waals surface area contributed by atoms with Gasteiger partial charge in [-0.25, -0.2) is 4.39 Å². The van der Waals surface area contributed by atoms with Crippen molar-refractivity contribution in [2.24, 2.45) is 5.18 Å². The summed E-state index contributed by atoms with van der Waals surface area (Å²) in [5.74, 6) is -0.549. The Balaban J connectivity index is 1.48. The van der Waals surface area contributed by atoms with Crippen LogP contribution in [0, 0.1) is 17.6 Å². The van der Waals surface area contributed by atoms with E-state index in [2.05, 4.69) is 22.3 Å². The Hall–Kier alpha value is -1.53. The average molecular weight is 378 g/mol. The number of nitrogens with one attached hydrogen (secondary N) is 1. The zero-order chi connectivity index (χ0) is 19.2. The molecule has 0 bridgehead atoms. The first-order valence-electron chi connectivity index (χ1n) is 10.4. The normalized spacial score (nSPS) is 24.7. The van der Waals surface area contributed by atoms with E-state index in [1.165, 1.54) is 31.7 Å². The number of halogens is 1. The number of nitroso groups, excluding NO2 is 1. The van der Waals surface area contributed by atoms with Crippen molar-refractivity contribution in [2.75, 3.05) is 25.0 Å². The Morgan fingerprint density at radius 3 is 2.52 bits per heavy atom. The molecule has 5 nitrogen and oxygen atoms in total. The summed E-state index contributed by atoms with van der Waals surface area (Å²) in [5.41, 5.74) is 1.21. The Labute approximate surface area is 161 Å². The molecule has 2 aliphatic rings. The van der Waals surface area contributed by atoms with Crippen LogP contribution in [-0.2, 0) is 4.74 Å². The zero-order valence-corrected chi connectivity index (χ0v) is 16.5. The monoisotopic (exact) mass is 377 g/mol. The van der Waals surface area contributed by atoms with Gasteiger partial charge in [0.15, 0.2) is 11.5 Å². The van der Waals surface area contributed by atoms with Crippen LogP contribution in [0.15, 0.2) is 17.3 Å². The molecule has 0 aromatic heterocycles. The maximum absolute atomic E-state index is 13.9. The van der Waals surface area contributed by atoms with Crippen molar-refractivity contribution < 1.29 is 9.13 Å². The minimum absolute atomic E-state index is 0.103. The van der Waals surface area contributed by atoms with E-state index >= 15 is 0 Å². The average Bonchev–Trinajstić information content (AvgIpc) is 2.67. The highest BCUT2D eigenvalue weighted by Gasteiger charge is 2.29. The predicted molar refractivity (Wildman–Crippen MR) is 107 cm³/mol. The van der Waals surface area contributed by atoms with Crippen LogP contribution in [0.3, 0.4) is 0 Å². The molecule has 1 aliphatic heterocycles. The van der Waals surface area contributed by atoms with E-state index in [9.17, 15) is 9.30 Å². The summed E-state index contributed by atoms with van der Waals surface area (Å²) in [7, 11) is 0. The zero-order valence-electron chi connectivity index (χ0n) is 16.5. The summed E-state index contributed by atoms with van der Waals surface area (Å²) >= 11 is 0. The van der Waals surface area contributed by atoms with E-state index in [0.29, 0.717) is 17.8 Å². The highest BCUT2D eigenvalue weighted by atomic mass is 19.1. The van der Waals surface area contributed by atoms with E-state index in [4.69, 9.17) is 4.74 Å². The van der Waals surface area contributed by atoms with Crippen LogP contribution < -0.4 is 5.32 Å². The van der Waals surface area contributed by atoms with Crippen molar-refractivity contribution in [3.05, 3.63) is 28.4 Å². The molecule has 2 fully saturated rings. The summed E-state index contributed by atoms with van der Waals surface area (Å²) in [6.45, 7) is 6.95. The molecule has 1 aliphatic carbocycles. The number of rotatable bonds is 7. The number of likely N-dealkylation sites (tertiary alicyclic amines) is 1. The first-order valence-corrected chi connectivity index (χ1v) is 10.4. The van der Waals surface area contributed by atoms with E-state index < -0.39 is 5.82 Å². The van der Waals surface area contributed by atoms with Crippen molar-refractivity contribution >= 4 is 11.4 Å². The lowest BCUT2D eigenvalue weighted by atomic mass is 9.90. The van der Waals surface area contributed by atoms with Crippen LogP contribution in [0.25, 0.3) is 0 Å². The molecule has 6 heteroatoms. The van der Waals surface area contributed by atoms with Crippen LogP contribution >= 0.6 is 0 Å². The summed E-state index contributed by atoms with van der Waals surface area (Å²) < 4.78 is 19.8. The minimum Gasteiger partial charge on any atom is -0.380 e. The van der Waals surface area contributed by atoms with Crippen molar-refractivity contribution in [1.82, 2.24) is 4.90 Å². The van der Waals surface area contributed by atoms with Gasteiger partial charge in [0.25, 0.3) is 0 Å². The largest absolute Gasteiger partial charge is 0.380 e. The summed E-state index contributed by atoms with van der Waals surface area (Å²) in [6, 6.07) is 4.08. The number of hydrogen-bond acceptors (Lipinski definition) is 5. The third kappa shape index (κ3) is 5.26. The van der Waals surface area contributed by atoms with Gasteiger partial charge in [0.1, 0.15) is 0 Å². The lowest BCUT2D eigenvalue weighted by Gasteiger charge is -2.41. The van der Waals surface area contributed by atoms with Gasteiger partial charge in [-0.15, -0.1) is 4.91 Å². The SMILES string of the molecule is CCCOC1CCC(N2CCC(Nc3cc(C)cc(F)c3N=O)CC2)CC1. The van der Waals surface area contributed by atoms with Crippen molar-refractivity contribution in [2.45, 2.75) is 77.0 Å². The molecule has 0 radical (unpaired) electrons. The van der Waals surface area contributed by atoms with Gasteiger partial charge in [-0.2, -0.15) is 0 Å². The first-order chi connectivity index (χ1) is 13.1. The van der Waals surface area contributed by atoms with Gasteiger partial charge >= 0.3 is 0 Å². The van der Waals surface area contributed by atoms with Crippen molar-refractivity contribution in [3.8, 4) is 0 Å². The molecule has 1 aromatic rings. The van der Waals surface area contributed by atoms with Gasteiger partial charge in [0.05, 0.1) is 11.8 Å². The molecule has 0 spiro atoms. The molecule has 1 N–H and O–H groups in total. The van der Waals surface area contributed by atoms with Crippen LogP contribution in [0.5, 0.6) is 0 Å². The fourth-order valence-electron chi connectivity index (χ4n) is 4.43. The molecule has 0 amide bonds. The van der Waals surface area contributed by atoms with E-state index in [1.54, 1.807) is 0 Å². The second-order valence-corrected chi connectivity index (χ2v) is 7.99. The molecule has 0 unspecified atom stereocenters. The van der Waals surface area contributed by atoms with E-state index in [-0.39, 0.29) is 11.7 Å². The number of benzene rings is 1. The molecular weight excluding hydrogens is 345 g/mol. The minimum atomic E-state index is -0.549. The smallest absolute Gasteiger partial charge is 0.166 e. The second kappa shape index (κ2) is 9.60. The van der Waals surface area contributed by atoms with Gasteiger partial charge in [-0.05, 0) is 74.7 Å². The Bertz CT molecular complexity index is 624. The molecule has 1 heterocycles. The van der Waals surface area contributed by atoms with E-state index in [1.807, 2.05) is 13.0 Å². The molecule has 27 heavy (non-hydrogen) atoms. The first kappa shape index (κ1) is 20.2. The van der Waals surface area contributed by atoms with Gasteiger partial charge < -0.3 is 15.0 Å². The lowest BCUT2D eigenvalue weighted by Crippen LogP contribution is -2.46. The third-order valence-corrected chi connectivity index (χ3v) is 5.91. The Morgan fingerprint density at radius 2 is 1.89 bits per heavy atom. The molecule has 1 saturated heterocycles. The van der Waals surface area contributed by atoms with Crippen LogP contribution in [0.4, 0.5) is 15.8 Å². The Kier molecular flexibility index (Phi) is 7.19. The molecule has 3 rings (SSSR count). The maximum atomic E-state index is 13.9. The van der Waals surface area contributed by atoms with Crippen LogP contribution in [-0.4, -0.2) is 42.8 Å². The number of piperidine rings is 1. The van der Waals surface area contributed by atoms with Gasteiger partial charge in [-0.1, -0.05) is 6.92 Å². The number of nitrogens with zero attached hydrogens (tertiary/aromatic N) is 2. The second-order valence-electron chi connectivity index (χ2n) is 7.99. The third-order valence-electron chi connectivity index (χ3n) is 5.91. The molecule has 150 valence electrons. The Morgan fingerprint density at radius 1 is 1.19 bits per heavy atom. The quantitative estimate of drug-likeness (QED) is 0.668. The summed E-state index contributed by atoms with van der Waals surface area (Å²) in [5, 5.41) is 6.24. The van der Waals surface area contributed by atoms with Gasteiger partial charge in [-0.3, -0.25) is 0 Å². The maximum Gasteiger partial charge on any atom is 0.166 e. The highest BCUT2D eigenvalue weighted by molar-refractivity contribution is 5.67. The van der Waals surface area contributed by atoms with Crippen molar-refractivity contribution in [3.63, 3.8) is 0 Å². The fourth-order valence-corrected chi connectivity index (χ4v) is 4.43. The van der Waals surface area contributed by atoms with Crippen LogP contribution in [0.1, 0.15) is 57.4 Å². The number of hydrogen-bond donors (Lipinski definition) is 1. The topological polar surface area (TPSA) is 53.9 Å². The highest BCUT2D eigenvalue weighted by Crippen LogP contribution is 2.32. The molecule has 1 aromatic carbocycles. The number of ether oxygens (including phenoxy) is 1. The molecular formula is C21H32FN3O2. The predicted octanol–water partition coefficient (Wildman–Crippen LogP) is 5.15. The van der Waals surface area contributed by atoms with Crippen LogP contribution in [0.2, 0.25) is 0 Å². The van der Waals surface area contributed by atoms with Crippen molar-refractivity contribution in [1.29, 1.82) is 0 Å². The fraction of sp³-hybridized carbons (Fsp3) is 0.714. The number of aryl methyl sites for hydroxylation is 1. The molecule has 0 atom stereocenters. The lowest BCUT2D eigenvalue weighted by molar-refractivity contribution is 0.00428. The number of anilines is 1. The van der Waals surface area contributed by atoms with E-state index in [0.717, 1.165) is 44.5 Å². The van der Waals surface area contributed by atoms with Gasteiger partial charge in [0, 0.05) is 31.8 Å². The summed E-state index contributed by atoms with van der Waals surface area (Å²) in [4.78, 5) is 13.6. The standard InChI is InChI=1S/C21H32FN3O2/c1-3-12-27-18-6-4-17(5-7-18)25-10-8-16(9-11-25)23-20-14-15(2)13-19(22)21(20)24-26/h13-14,16-18,23H,3-12H2,1-2H3. The molecule has 1 saturated carbocycles.